The Labute approximate surface area is 110 Å². The SMILES string of the molecule is C=C1CN2CCC1C(=O)C2c1cccc([N+](=O)[O-])c1. The molecule has 4 rings (SSSR count). The zero-order valence-corrected chi connectivity index (χ0v) is 10.4. The summed E-state index contributed by atoms with van der Waals surface area (Å²) in [6.07, 6.45) is 0.823. The van der Waals surface area contributed by atoms with Crippen molar-refractivity contribution >= 4 is 11.5 Å². The lowest BCUT2D eigenvalue weighted by Crippen LogP contribution is -2.51. The molecule has 0 aromatic heterocycles. The van der Waals surface area contributed by atoms with Gasteiger partial charge in [-0.3, -0.25) is 19.8 Å². The highest BCUT2D eigenvalue weighted by Gasteiger charge is 2.43. The molecule has 0 saturated carbocycles. The number of nitro groups is 1. The molecule has 98 valence electrons. The van der Waals surface area contributed by atoms with E-state index in [1.165, 1.54) is 12.1 Å². The number of fused-ring (bicyclic) bond motifs is 3. The van der Waals surface area contributed by atoms with Gasteiger partial charge in [-0.15, -0.1) is 0 Å². The molecule has 3 saturated heterocycles. The third-order valence-corrected chi connectivity index (χ3v) is 3.98. The number of hydrogen-bond donors (Lipinski definition) is 0. The molecule has 3 unspecified atom stereocenters. The molecule has 5 nitrogen and oxygen atoms in total. The molecule has 3 heterocycles. The van der Waals surface area contributed by atoms with E-state index in [1.807, 2.05) is 0 Å². The molecular formula is C14H14N2O3. The molecule has 3 atom stereocenters. The van der Waals surface area contributed by atoms with Crippen LogP contribution >= 0.6 is 0 Å². The van der Waals surface area contributed by atoms with Gasteiger partial charge in [0.2, 0.25) is 0 Å². The molecule has 5 heteroatoms. The van der Waals surface area contributed by atoms with Gasteiger partial charge in [-0.2, -0.15) is 0 Å². The maximum Gasteiger partial charge on any atom is 0.269 e. The van der Waals surface area contributed by atoms with Crippen LogP contribution in [0.5, 0.6) is 0 Å². The number of benzene rings is 1. The van der Waals surface area contributed by atoms with Crippen LogP contribution in [0.1, 0.15) is 18.0 Å². The Kier molecular flexibility index (Phi) is 2.71. The summed E-state index contributed by atoms with van der Waals surface area (Å²) in [5.74, 6) is 0.0530. The van der Waals surface area contributed by atoms with E-state index in [4.69, 9.17) is 0 Å². The van der Waals surface area contributed by atoms with E-state index in [-0.39, 0.29) is 23.4 Å². The quantitative estimate of drug-likeness (QED) is 0.463. The van der Waals surface area contributed by atoms with Gasteiger partial charge in [0.1, 0.15) is 0 Å². The first-order valence-corrected chi connectivity index (χ1v) is 6.27. The van der Waals surface area contributed by atoms with Crippen molar-refractivity contribution in [2.75, 3.05) is 13.1 Å². The molecule has 3 aliphatic heterocycles. The molecule has 0 spiro atoms. The molecule has 0 radical (unpaired) electrons. The first-order chi connectivity index (χ1) is 9.08. The Morgan fingerprint density at radius 1 is 1.42 bits per heavy atom. The van der Waals surface area contributed by atoms with Crippen LogP contribution in [0.15, 0.2) is 36.4 Å². The third-order valence-electron chi connectivity index (χ3n) is 3.98. The van der Waals surface area contributed by atoms with E-state index in [2.05, 4.69) is 11.5 Å². The lowest BCUT2D eigenvalue weighted by molar-refractivity contribution is -0.384. The van der Waals surface area contributed by atoms with Crippen molar-refractivity contribution in [2.45, 2.75) is 12.5 Å². The molecule has 0 amide bonds. The monoisotopic (exact) mass is 258 g/mol. The number of rotatable bonds is 2. The maximum atomic E-state index is 12.4. The lowest BCUT2D eigenvalue weighted by Gasteiger charge is -2.45. The summed E-state index contributed by atoms with van der Waals surface area (Å²) in [6.45, 7) is 5.51. The summed E-state index contributed by atoms with van der Waals surface area (Å²) in [4.78, 5) is 24.9. The van der Waals surface area contributed by atoms with Gasteiger partial charge in [0.25, 0.3) is 5.69 Å². The summed E-state index contributed by atoms with van der Waals surface area (Å²) in [7, 11) is 0. The number of Topliss-reactive ketones (excluding diaryl/α,β-unsaturated/α-hetero) is 1. The molecule has 0 N–H and O–H groups in total. The molecule has 0 aliphatic carbocycles. The van der Waals surface area contributed by atoms with Crippen LogP contribution in [0.2, 0.25) is 0 Å². The number of ketones is 1. The van der Waals surface area contributed by atoms with Crippen LogP contribution in [0.25, 0.3) is 0 Å². The average molecular weight is 258 g/mol. The van der Waals surface area contributed by atoms with E-state index in [1.54, 1.807) is 12.1 Å². The summed E-state index contributed by atoms with van der Waals surface area (Å²) < 4.78 is 0. The van der Waals surface area contributed by atoms with Crippen LogP contribution in [-0.4, -0.2) is 28.7 Å². The van der Waals surface area contributed by atoms with Gasteiger partial charge in [0.15, 0.2) is 5.78 Å². The van der Waals surface area contributed by atoms with Gasteiger partial charge in [0, 0.05) is 31.1 Å². The smallest absolute Gasteiger partial charge is 0.269 e. The van der Waals surface area contributed by atoms with Gasteiger partial charge in [-0.25, -0.2) is 0 Å². The Morgan fingerprint density at radius 3 is 2.84 bits per heavy atom. The van der Waals surface area contributed by atoms with Crippen molar-refractivity contribution in [2.24, 2.45) is 5.92 Å². The number of carbonyl (C=O) groups is 1. The predicted molar refractivity (Wildman–Crippen MR) is 69.7 cm³/mol. The minimum atomic E-state index is -0.427. The topological polar surface area (TPSA) is 63.5 Å². The third kappa shape index (κ3) is 1.86. The molecule has 1 aromatic rings. The second-order valence-corrected chi connectivity index (χ2v) is 5.13. The van der Waals surface area contributed by atoms with Crippen molar-refractivity contribution in [3.63, 3.8) is 0 Å². The largest absolute Gasteiger partial charge is 0.297 e. The Hall–Kier alpha value is -2.01. The van der Waals surface area contributed by atoms with E-state index in [9.17, 15) is 14.9 Å². The van der Waals surface area contributed by atoms with Gasteiger partial charge < -0.3 is 0 Å². The summed E-state index contributed by atoms with van der Waals surface area (Å²) in [6, 6.07) is 6.04. The zero-order chi connectivity index (χ0) is 13.6. The summed E-state index contributed by atoms with van der Waals surface area (Å²) in [5, 5.41) is 10.8. The van der Waals surface area contributed by atoms with Gasteiger partial charge >= 0.3 is 0 Å². The van der Waals surface area contributed by atoms with Crippen molar-refractivity contribution in [1.82, 2.24) is 4.90 Å². The second-order valence-electron chi connectivity index (χ2n) is 5.13. The number of nitro benzene ring substituents is 1. The van der Waals surface area contributed by atoms with Crippen molar-refractivity contribution in [3.8, 4) is 0 Å². The normalized spacial score (nSPS) is 29.6. The molecule has 3 fully saturated rings. The number of carbonyl (C=O) groups excluding carboxylic acids is 1. The number of piperidine rings is 3. The first-order valence-electron chi connectivity index (χ1n) is 6.27. The van der Waals surface area contributed by atoms with E-state index >= 15 is 0 Å². The number of hydrogen-bond acceptors (Lipinski definition) is 4. The highest BCUT2D eigenvalue weighted by Crippen LogP contribution is 2.40. The Balaban J connectivity index is 1.98. The van der Waals surface area contributed by atoms with Crippen LogP contribution in [0, 0.1) is 16.0 Å². The molecule has 19 heavy (non-hydrogen) atoms. The molecule has 1 aromatic carbocycles. The fourth-order valence-electron chi connectivity index (χ4n) is 3.07. The van der Waals surface area contributed by atoms with Crippen LogP contribution in [0.4, 0.5) is 5.69 Å². The number of nitrogens with zero attached hydrogens (tertiary/aromatic N) is 2. The van der Waals surface area contributed by atoms with Crippen molar-refractivity contribution in [3.05, 3.63) is 52.1 Å². The molecule has 2 bridgehead atoms. The Morgan fingerprint density at radius 2 is 2.21 bits per heavy atom. The van der Waals surface area contributed by atoms with Gasteiger partial charge in [-0.05, 0) is 12.0 Å². The zero-order valence-electron chi connectivity index (χ0n) is 10.4. The minimum Gasteiger partial charge on any atom is -0.297 e. The molecular weight excluding hydrogens is 244 g/mol. The summed E-state index contributed by atoms with van der Waals surface area (Å²) in [5.41, 5.74) is 1.72. The average Bonchev–Trinajstić information content (AvgIpc) is 2.39. The van der Waals surface area contributed by atoms with Crippen LogP contribution in [-0.2, 0) is 4.79 Å². The fraction of sp³-hybridized carbons (Fsp3) is 0.357. The van der Waals surface area contributed by atoms with E-state index in [0.717, 1.165) is 24.1 Å². The molecule has 3 aliphatic rings. The van der Waals surface area contributed by atoms with Crippen molar-refractivity contribution in [1.29, 1.82) is 0 Å². The minimum absolute atomic E-state index is 0.0340. The maximum absolute atomic E-state index is 12.4. The highest BCUT2D eigenvalue weighted by atomic mass is 16.6. The standard InChI is InChI=1S/C14H14N2O3/c1-9-8-15-6-5-12(9)14(17)13(15)10-3-2-4-11(7-10)16(18)19/h2-4,7,12-13H,1,5-6,8H2. The van der Waals surface area contributed by atoms with Gasteiger partial charge in [0.05, 0.1) is 11.0 Å². The fourth-order valence-corrected chi connectivity index (χ4v) is 3.07. The first kappa shape index (κ1) is 12.0. The second kappa shape index (κ2) is 4.28. The van der Waals surface area contributed by atoms with Gasteiger partial charge in [-0.1, -0.05) is 24.3 Å². The van der Waals surface area contributed by atoms with Crippen LogP contribution in [0.3, 0.4) is 0 Å². The predicted octanol–water partition coefficient (Wildman–Crippen LogP) is 2.10. The van der Waals surface area contributed by atoms with E-state index in [0.29, 0.717) is 6.54 Å². The number of non-ortho nitro benzene ring substituents is 1. The Bertz CT molecular complexity index is 582. The lowest BCUT2D eigenvalue weighted by atomic mass is 9.77. The highest BCUT2D eigenvalue weighted by molar-refractivity contribution is 5.91. The summed E-state index contributed by atoms with van der Waals surface area (Å²) >= 11 is 0. The van der Waals surface area contributed by atoms with Crippen molar-refractivity contribution < 1.29 is 9.72 Å². The van der Waals surface area contributed by atoms with Crippen LogP contribution < -0.4 is 0 Å². The van der Waals surface area contributed by atoms with E-state index < -0.39 is 4.92 Å².